The van der Waals surface area contributed by atoms with Gasteiger partial charge in [0.25, 0.3) is 5.91 Å². The van der Waals surface area contributed by atoms with Gasteiger partial charge in [0.05, 0.1) is 18.6 Å². The van der Waals surface area contributed by atoms with Gasteiger partial charge in [-0.2, -0.15) is 0 Å². The Morgan fingerprint density at radius 3 is 2.42 bits per heavy atom. The molecule has 0 bridgehead atoms. The topological polar surface area (TPSA) is 63.7 Å². The summed E-state index contributed by atoms with van der Waals surface area (Å²) in [7, 11) is 0.232. The van der Waals surface area contributed by atoms with E-state index in [4.69, 9.17) is 4.74 Å². The standard InChI is InChI=1S/C13H17NO4S/c1-14(11-7-8-19(16,17)9-11)13(15)10-3-5-12(18-2)6-4-10/h3-6,11H,7-9H2,1-2H3/t11-/m0/s1. The van der Waals surface area contributed by atoms with E-state index in [1.54, 1.807) is 38.4 Å². The highest BCUT2D eigenvalue weighted by Crippen LogP contribution is 2.19. The number of ether oxygens (including phenoxy) is 1. The number of benzene rings is 1. The van der Waals surface area contributed by atoms with E-state index < -0.39 is 9.84 Å². The summed E-state index contributed by atoms with van der Waals surface area (Å²) in [5, 5.41) is 0. The van der Waals surface area contributed by atoms with Crippen LogP contribution in [0.5, 0.6) is 5.75 Å². The Balaban J connectivity index is 2.10. The molecule has 1 aliphatic rings. The van der Waals surface area contributed by atoms with Crippen LogP contribution >= 0.6 is 0 Å². The Kier molecular flexibility index (Phi) is 3.80. The van der Waals surface area contributed by atoms with Gasteiger partial charge < -0.3 is 9.64 Å². The Hall–Kier alpha value is -1.56. The molecule has 0 saturated carbocycles. The molecule has 0 unspecified atom stereocenters. The number of rotatable bonds is 3. The maximum atomic E-state index is 12.2. The highest BCUT2D eigenvalue weighted by Gasteiger charge is 2.32. The SMILES string of the molecule is COc1ccc(C(=O)N(C)[C@H]2CCS(=O)(=O)C2)cc1. The largest absolute Gasteiger partial charge is 0.497 e. The zero-order chi connectivity index (χ0) is 14.0. The number of nitrogens with zero attached hydrogens (tertiary/aromatic N) is 1. The third-order valence-electron chi connectivity index (χ3n) is 3.41. The van der Waals surface area contributed by atoms with Crippen LogP contribution < -0.4 is 4.74 Å². The minimum absolute atomic E-state index is 0.0609. The molecule has 1 heterocycles. The summed E-state index contributed by atoms with van der Waals surface area (Å²) < 4.78 is 27.9. The van der Waals surface area contributed by atoms with Crippen molar-refractivity contribution in [2.75, 3.05) is 25.7 Å². The zero-order valence-corrected chi connectivity index (χ0v) is 11.8. The first-order valence-electron chi connectivity index (χ1n) is 6.04. The van der Waals surface area contributed by atoms with Gasteiger partial charge >= 0.3 is 0 Å². The fourth-order valence-electron chi connectivity index (χ4n) is 2.18. The molecule has 5 nitrogen and oxygen atoms in total. The van der Waals surface area contributed by atoms with Crippen LogP contribution in [0.4, 0.5) is 0 Å². The van der Waals surface area contributed by atoms with E-state index in [9.17, 15) is 13.2 Å². The summed E-state index contributed by atoms with van der Waals surface area (Å²) in [6.07, 6.45) is 0.515. The molecule has 1 saturated heterocycles. The van der Waals surface area contributed by atoms with Crippen molar-refractivity contribution < 1.29 is 17.9 Å². The van der Waals surface area contributed by atoms with Crippen molar-refractivity contribution in [3.8, 4) is 5.75 Å². The summed E-state index contributed by atoms with van der Waals surface area (Å²) in [5.74, 6) is 0.746. The second-order valence-corrected chi connectivity index (χ2v) is 6.93. The molecule has 104 valence electrons. The van der Waals surface area contributed by atoms with Crippen LogP contribution in [0.25, 0.3) is 0 Å². The van der Waals surface area contributed by atoms with Crippen molar-refractivity contribution in [2.45, 2.75) is 12.5 Å². The van der Waals surface area contributed by atoms with Gasteiger partial charge in [0.2, 0.25) is 0 Å². The van der Waals surface area contributed by atoms with Crippen molar-refractivity contribution >= 4 is 15.7 Å². The molecule has 19 heavy (non-hydrogen) atoms. The van der Waals surface area contributed by atoms with Crippen LogP contribution in [0.1, 0.15) is 16.8 Å². The number of sulfone groups is 1. The van der Waals surface area contributed by atoms with Gasteiger partial charge in [-0.15, -0.1) is 0 Å². The quantitative estimate of drug-likeness (QED) is 0.828. The summed E-state index contributed by atoms with van der Waals surface area (Å²) >= 11 is 0. The number of amides is 1. The van der Waals surface area contributed by atoms with Crippen molar-refractivity contribution in [3.05, 3.63) is 29.8 Å². The van der Waals surface area contributed by atoms with Crippen LogP contribution in [0.2, 0.25) is 0 Å². The van der Waals surface area contributed by atoms with E-state index in [1.165, 1.54) is 4.90 Å². The van der Waals surface area contributed by atoms with E-state index >= 15 is 0 Å². The Morgan fingerprint density at radius 2 is 1.95 bits per heavy atom. The average Bonchev–Trinajstić information content (AvgIpc) is 2.77. The lowest BCUT2D eigenvalue weighted by Crippen LogP contribution is -2.37. The maximum Gasteiger partial charge on any atom is 0.253 e. The van der Waals surface area contributed by atoms with Gasteiger partial charge in [-0.3, -0.25) is 4.79 Å². The zero-order valence-electron chi connectivity index (χ0n) is 11.0. The van der Waals surface area contributed by atoms with Crippen molar-refractivity contribution in [1.29, 1.82) is 0 Å². The molecule has 0 spiro atoms. The van der Waals surface area contributed by atoms with E-state index in [0.29, 0.717) is 17.7 Å². The molecule has 0 radical (unpaired) electrons. The van der Waals surface area contributed by atoms with E-state index in [1.807, 2.05) is 0 Å². The van der Waals surface area contributed by atoms with Gasteiger partial charge in [0.1, 0.15) is 5.75 Å². The van der Waals surface area contributed by atoms with Gasteiger partial charge in [0, 0.05) is 18.7 Å². The lowest BCUT2D eigenvalue weighted by molar-refractivity contribution is 0.0747. The second-order valence-electron chi connectivity index (χ2n) is 4.70. The number of hydrogen-bond acceptors (Lipinski definition) is 4. The summed E-state index contributed by atoms with van der Waals surface area (Å²) in [4.78, 5) is 13.8. The molecule has 6 heteroatoms. The van der Waals surface area contributed by atoms with Gasteiger partial charge in [-0.05, 0) is 30.7 Å². The number of carbonyl (C=O) groups excluding carboxylic acids is 1. The summed E-state index contributed by atoms with van der Waals surface area (Å²) in [6, 6.07) is 6.57. The Morgan fingerprint density at radius 1 is 1.32 bits per heavy atom. The lowest BCUT2D eigenvalue weighted by atomic mass is 10.1. The fraction of sp³-hybridized carbons (Fsp3) is 0.462. The van der Waals surface area contributed by atoms with Crippen molar-refractivity contribution in [1.82, 2.24) is 4.90 Å². The Labute approximate surface area is 113 Å². The molecule has 1 aliphatic heterocycles. The molecule has 2 rings (SSSR count). The molecular formula is C13H17NO4S. The number of carbonyl (C=O) groups is 1. The molecule has 0 aliphatic carbocycles. The van der Waals surface area contributed by atoms with Gasteiger partial charge in [-0.25, -0.2) is 8.42 Å². The predicted octanol–water partition coefficient (Wildman–Crippen LogP) is 0.954. The molecule has 1 aromatic rings. The maximum absolute atomic E-state index is 12.2. The predicted molar refractivity (Wildman–Crippen MR) is 72.1 cm³/mol. The number of methoxy groups -OCH3 is 1. The van der Waals surface area contributed by atoms with E-state index in [2.05, 4.69) is 0 Å². The third kappa shape index (κ3) is 3.07. The third-order valence-corrected chi connectivity index (χ3v) is 5.16. The van der Waals surface area contributed by atoms with E-state index in [-0.39, 0.29) is 23.5 Å². The molecule has 1 fully saturated rings. The highest BCUT2D eigenvalue weighted by molar-refractivity contribution is 7.91. The first kappa shape index (κ1) is 13.9. The molecule has 1 amide bonds. The first-order chi connectivity index (χ1) is 8.93. The molecule has 1 aromatic carbocycles. The smallest absolute Gasteiger partial charge is 0.253 e. The molecule has 1 atom stereocenters. The minimum Gasteiger partial charge on any atom is -0.497 e. The molecule has 0 aromatic heterocycles. The number of hydrogen-bond donors (Lipinski definition) is 0. The lowest BCUT2D eigenvalue weighted by Gasteiger charge is -2.23. The van der Waals surface area contributed by atoms with Crippen molar-refractivity contribution in [3.63, 3.8) is 0 Å². The van der Waals surface area contributed by atoms with Gasteiger partial charge in [-0.1, -0.05) is 0 Å². The van der Waals surface area contributed by atoms with Crippen LogP contribution in [0.3, 0.4) is 0 Å². The van der Waals surface area contributed by atoms with Gasteiger partial charge in [0.15, 0.2) is 9.84 Å². The summed E-state index contributed by atoms with van der Waals surface area (Å²) in [5.41, 5.74) is 0.535. The summed E-state index contributed by atoms with van der Waals surface area (Å²) in [6.45, 7) is 0. The van der Waals surface area contributed by atoms with Crippen LogP contribution in [-0.2, 0) is 9.84 Å². The molecular weight excluding hydrogens is 266 g/mol. The molecule has 0 N–H and O–H groups in total. The minimum atomic E-state index is -2.98. The van der Waals surface area contributed by atoms with Crippen LogP contribution in [0.15, 0.2) is 24.3 Å². The highest BCUT2D eigenvalue weighted by atomic mass is 32.2. The fourth-order valence-corrected chi connectivity index (χ4v) is 3.96. The Bertz CT molecular complexity index is 565. The first-order valence-corrected chi connectivity index (χ1v) is 7.87. The van der Waals surface area contributed by atoms with Crippen LogP contribution in [-0.4, -0.2) is 50.9 Å². The average molecular weight is 283 g/mol. The second kappa shape index (κ2) is 5.21. The van der Waals surface area contributed by atoms with Crippen LogP contribution in [0, 0.1) is 0 Å². The monoisotopic (exact) mass is 283 g/mol. The normalized spacial score (nSPS) is 21.1. The van der Waals surface area contributed by atoms with Crippen molar-refractivity contribution in [2.24, 2.45) is 0 Å². The van der Waals surface area contributed by atoms with E-state index in [0.717, 1.165) is 0 Å².